The molecule has 1 fully saturated rings. The number of ether oxygens (including phenoxy) is 1. The van der Waals surface area contributed by atoms with Crippen molar-refractivity contribution >= 4 is 17.8 Å². The van der Waals surface area contributed by atoms with Crippen molar-refractivity contribution in [1.29, 1.82) is 0 Å². The number of likely N-dealkylation sites (tertiary alicyclic amines) is 1. The van der Waals surface area contributed by atoms with Gasteiger partial charge in [0, 0.05) is 6.42 Å². The monoisotopic (exact) mass is 187 g/mol. The van der Waals surface area contributed by atoms with Crippen LogP contribution in [0.5, 0.6) is 0 Å². The highest BCUT2D eigenvalue weighted by Gasteiger charge is 2.39. The molecule has 0 aromatic carbocycles. The van der Waals surface area contributed by atoms with Crippen LogP contribution >= 0.6 is 0 Å². The van der Waals surface area contributed by atoms with Crippen molar-refractivity contribution in [3.8, 4) is 0 Å². The lowest BCUT2D eigenvalue weighted by atomic mass is 10.2. The average molecular weight is 187 g/mol. The highest BCUT2D eigenvalue weighted by molar-refractivity contribution is 5.95. The van der Waals surface area contributed by atoms with Gasteiger partial charge in [0.15, 0.2) is 5.78 Å². The minimum absolute atomic E-state index is 0.0844. The summed E-state index contributed by atoms with van der Waals surface area (Å²) in [5.74, 6) is -0.953. The molecule has 0 saturated carbocycles. The molecule has 0 aliphatic carbocycles. The third-order valence-corrected chi connectivity index (χ3v) is 1.86. The molecule has 1 amide bonds. The Bertz CT molecular complexity index is 262. The van der Waals surface area contributed by atoms with Gasteiger partial charge in [-0.1, -0.05) is 0 Å². The van der Waals surface area contributed by atoms with Crippen molar-refractivity contribution in [2.45, 2.75) is 12.5 Å². The van der Waals surface area contributed by atoms with E-state index < -0.39 is 18.1 Å². The number of rotatable bonds is 1. The molecule has 1 heterocycles. The summed E-state index contributed by atoms with van der Waals surface area (Å²) in [5.41, 5.74) is 0. The van der Waals surface area contributed by atoms with E-state index >= 15 is 0 Å². The van der Waals surface area contributed by atoms with Crippen molar-refractivity contribution in [2.75, 3.05) is 13.7 Å². The molecule has 1 rings (SSSR count). The maximum absolute atomic E-state index is 11.0. The molecular formula is C7H9NO5. The number of carboxylic acid groups (broad SMARTS) is 1. The van der Waals surface area contributed by atoms with E-state index in [4.69, 9.17) is 5.11 Å². The zero-order chi connectivity index (χ0) is 10.0. The standard InChI is InChI=1S/C7H9NO5/c1-13-6(10)5-2-4(9)3-8(5)7(11)12/h5H,2-3H2,1H3,(H,11,12)/t5-/m0/s1. The first kappa shape index (κ1) is 9.50. The second-order valence-corrected chi connectivity index (χ2v) is 2.69. The quantitative estimate of drug-likeness (QED) is 0.558. The third kappa shape index (κ3) is 1.77. The molecule has 0 radical (unpaired) electrons. The van der Waals surface area contributed by atoms with E-state index in [-0.39, 0.29) is 18.7 Å². The van der Waals surface area contributed by atoms with Gasteiger partial charge < -0.3 is 9.84 Å². The lowest BCUT2D eigenvalue weighted by Crippen LogP contribution is -2.40. The van der Waals surface area contributed by atoms with E-state index in [1.165, 1.54) is 0 Å². The number of Topliss-reactive ketones (excluding diaryl/α,β-unsaturated/α-hetero) is 1. The Labute approximate surface area is 74.1 Å². The molecule has 72 valence electrons. The maximum atomic E-state index is 11.0. The van der Waals surface area contributed by atoms with Crippen LogP contribution < -0.4 is 0 Å². The minimum atomic E-state index is -1.28. The van der Waals surface area contributed by atoms with Gasteiger partial charge in [0.2, 0.25) is 0 Å². The van der Waals surface area contributed by atoms with Gasteiger partial charge in [0.05, 0.1) is 13.7 Å². The van der Waals surface area contributed by atoms with E-state index in [9.17, 15) is 14.4 Å². The van der Waals surface area contributed by atoms with Gasteiger partial charge in [0.1, 0.15) is 6.04 Å². The molecule has 0 aromatic rings. The first-order chi connectivity index (χ1) is 6.06. The molecule has 6 nitrogen and oxygen atoms in total. The fraction of sp³-hybridized carbons (Fsp3) is 0.571. The molecule has 1 atom stereocenters. The zero-order valence-corrected chi connectivity index (χ0v) is 7.02. The highest BCUT2D eigenvalue weighted by Crippen LogP contribution is 2.15. The summed E-state index contributed by atoms with van der Waals surface area (Å²) >= 11 is 0. The van der Waals surface area contributed by atoms with Gasteiger partial charge in [-0.05, 0) is 0 Å². The molecule has 1 saturated heterocycles. The summed E-state index contributed by atoms with van der Waals surface area (Å²) in [6.07, 6.45) is -1.36. The van der Waals surface area contributed by atoms with Gasteiger partial charge in [0.25, 0.3) is 0 Å². The van der Waals surface area contributed by atoms with Crippen LogP contribution in [0.3, 0.4) is 0 Å². The average Bonchev–Trinajstić information content (AvgIpc) is 2.46. The van der Waals surface area contributed by atoms with Crippen LogP contribution in [-0.2, 0) is 14.3 Å². The largest absolute Gasteiger partial charge is 0.467 e. The Balaban J connectivity index is 2.77. The number of carbonyl (C=O) groups is 3. The van der Waals surface area contributed by atoms with Crippen LogP contribution in [0.4, 0.5) is 4.79 Å². The first-order valence-corrected chi connectivity index (χ1v) is 3.65. The van der Waals surface area contributed by atoms with E-state index in [2.05, 4.69) is 4.74 Å². The predicted octanol–water partition coefficient (Wildman–Crippen LogP) is -0.519. The first-order valence-electron chi connectivity index (χ1n) is 3.65. The van der Waals surface area contributed by atoms with Crippen LogP contribution in [0.2, 0.25) is 0 Å². The van der Waals surface area contributed by atoms with E-state index in [0.717, 1.165) is 12.0 Å². The van der Waals surface area contributed by atoms with Gasteiger partial charge in [-0.25, -0.2) is 9.59 Å². The van der Waals surface area contributed by atoms with Gasteiger partial charge >= 0.3 is 12.1 Å². The third-order valence-electron chi connectivity index (χ3n) is 1.86. The zero-order valence-electron chi connectivity index (χ0n) is 7.02. The van der Waals surface area contributed by atoms with Crippen molar-refractivity contribution in [3.63, 3.8) is 0 Å². The molecule has 1 aliphatic heterocycles. The lowest BCUT2D eigenvalue weighted by Gasteiger charge is -2.17. The lowest BCUT2D eigenvalue weighted by molar-refractivity contribution is -0.145. The molecule has 1 aliphatic rings. The number of hydrogen-bond donors (Lipinski definition) is 1. The van der Waals surface area contributed by atoms with E-state index in [1.807, 2.05) is 0 Å². The normalized spacial score (nSPS) is 21.8. The Morgan fingerprint density at radius 1 is 1.62 bits per heavy atom. The number of nitrogens with zero attached hydrogens (tertiary/aromatic N) is 1. The summed E-state index contributed by atoms with van der Waals surface area (Å²) in [6.45, 7) is -0.227. The number of hydrogen-bond acceptors (Lipinski definition) is 4. The molecule has 6 heteroatoms. The second-order valence-electron chi connectivity index (χ2n) is 2.69. The van der Waals surface area contributed by atoms with Crippen molar-refractivity contribution in [1.82, 2.24) is 4.90 Å². The van der Waals surface area contributed by atoms with E-state index in [0.29, 0.717) is 0 Å². The summed E-state index contributed by atoms with van der Waals surface area (Å²) in [7, 11) is 1.16. The second kappa shape index (κ2) is 3.42. The number of ketones is 1. The Kier molecular flexibility index (Phi) is 2.50. The summed E-state index contributed by atoms with van der Waals surface area (Å²) in [5, 5.41) is 8.61. The number of carbonyl (C=O) groups excluding carboxylic acids is 2. The predicted molar refractivity (Wildman–Crippen MR) is 40.2 cm³/mol. The number of amides is 1. The molecule has 0 unspecified atom stereocenters. The van der Waals surface area contributed by atoms with Crippen LogP contribution in [0, 0.1) is 0 Å². The Morgan fingerprint density at radius 2 is 2.23 bits per heavy atom. The van der Waals surface area contributed by atoms with Crippen LogP contribution in [0.25, 0.3) is 0 Å². The van der Waals surface area contributed by atoms with Crippen molar-refractivity contribution < 1.29 is 24.2 Å². The van der Waals surface area contributed by atoms with Gasteiger partial charge in [-0.2, -0.15) is 0 Å². The highest BCUT2D eigenvalue weighted by atomic mass is 16.5. The fourth-order valence-corrected chi connectivity index (χ4v) is 1.24. The molecular weight excluding hydrogens is 178 g/mol. The minimum Gasteiger partial charge on any atom is -0.467 e. The molecule has 0 aromatic heterocycles. The number of methoxy groups -OCH3 is 1. The van der Waals surface area contributed by atoms with Crippen molar-refractivity contribution in [3.05, 3.63) is 0 Å². The fourth-order valence-electron chi connectivity index (χ4n) is 1.24. The van der Waals surface area contributed by atoms with Crippen LogP contribution in [-0.4, -0.2) is 47.5 Å². The summed E-state index contributed by atoms with van der Waals surface area (Å²) < 4.78 is 4.37. The molecule has 1 N–H and O–H groups in total. The maximum Gasteiger partial charge on any atom is 0.408 e. The van der Waals surface area contributed by atoms with Gasteiger partial charge in [-0.3, -0.25) is 9.69 Å². The molecule has 13 heavy (non-hydrogen) atoms. The molecule has 0 bridgehead atoms. The SMILES string of the molecule is COC(=O)[C@@H]1CC(=O)CN1C(=O)O. The summed E-state index contributed by atoms with van der Waals surface area (Å²) in [4.78, 5) is 33.2. The summed E-state index contributed by atoms with van der Waals surface area (Å²) in [6, 6.07) is -0.963. The van der Waals surface area contributed by atoms with E-state index in [1.54, 1.807) is 0 Å². The Morgan fingerprint density at radius 3 is 2.69 bits per heavy atom. The molecule has 0 spiro atoms. The Hall–Kier alpha value is -1.59. The number of esters is 1. The smallest absolute Gasteiger partial charge is 0.408 e. The van der Waals surface area contributed by atoms with Gasteiger partial charge in [-0.15, -0.1) is 0 Å². The van der Waals surface area contributed by atoms with Crippen molar-refractivity contribution in [2.24, 2.45) is 0 Å². The van der Waals surface area contributed by atoms with Crippen LogP contribution in [0.15, 0.2) is 0 Å². The van der Waals surface area contributed by atoms with Crippen LogP contribution in [0.1, 0.15) is 6.42 Å². The topological polar surface area (TPSA) is 83.9 Å².